The number of aryl methyl sites for hydroxylation is 2. The summed E-state index contributed by atoms with van der Waals surface area (Å²) in [6, 6.07) is 19.7. The molecule has 3 rings (SSSR count). The van der Waals surface area contributed by atoms with Crippen molar-refractivity contribution in [1.82, 2.24) is 0 Å². The van der Waals surface area contributed by atoms with Gasteiger partial charge in [-0.25, -0.2) is 9.59 Å². The monoisotopic (exact) mass is 416 g/mol. The summed E-state index contributed by atoms with van der Waals surface area (Å²) in [5.41, 5.74) is 3.60. The Hall–Kier alpha value is -3.40. The highest BCUT2D eigenvalue weighted by Gasteiger charge is 2.25. The Morgan fingerprint density at radius 3 is 1.74 bits per heavy atom. The molecule has 3 aromatic rings. The van der Waals surface area contributed by atoms with Gasteiger partial charge in [0.05, 0.1) is 11.1 Å². The van der Waals surface area contributed by atoms with E-state index in [1.54, 1.807) is 48.5 Å². The highest BCUT2D eigenvalue weighted by Crippen LogP contribution is 2.42. The van der Waals surface area contributed by atoms with Crippen LogP contribution in [0.5, 0.6) is 11.5 Å². The third-order valence-electron chi connectivity index (χ3n) is 5.06. The first-order valence-corrected chi connectivity index (χ1v) is 10.6. The Morgan fingerprint density at radius 1 is 0.806 bits per heavy atom. The maximum Gasteiger partial charge on any atom is 0.343 e. The average Bonchev–Trinajstić information content (AvgIpc) is 2.77. The fourth-order valence-corrected chi connectivity index (χ4v) is 3.69. The van der Waals surface area contributed by atoms with Crippen molar-refractivity contribution in [2.24, 2.45) is 0 Å². The molecule has 4 heteroatoms. The molecule has 0 saturated carbocycles. The van der Waals surface area contributed by atoms with Crippen LogP contribution in [0.4, 0.5) is 0 Å². The second-order valence-corrected chi connectivity index (χ2v) is 7.84. The molecule has 0 aliphatic heterocycles. The van der Waals surface area contributed by atoms with Crippen molar-refractivity contribution >= 4 is 11.9 Å². The van der Waals surface area contributed by atoms with Gasteiger partial charge in [-0.3, -0.25) is 0 Å². The van der Waals surface area contributed by atoms with Gasteiger partial charge in [-0.1, -0.05) is 69.7 Å². The predicted molar refractivity (Wildman–Crippen MR) is 122 cm³/mol. The third-order valence-corrected chi connectivity index (χ3v) is 5.06. The molecule has 4 nitrogen and oxygen atoms in total. The maximum atomic E-state index is 12.9. The van der Waals surface area contributed by atoms with Crippen LogP contribution in [0, 0.1) is 6.92 Å². The van der Waals surface area contributed by atoms with Gasteiger partial charge in [-0.05, 0) is 54.7 Å². The van der Waals surface area contributed by atoms with E-state index in [4.69, 9.17) is 9.47 Å². The van der Waals surface area contributed by atoms with Gasteiger partial charge in [0, 0.05) is 5.56 Å². The van der Waals surface area contributed by atoms with Crippen molar-refractivity contribution in [3.8, 4) is 11.5 Å². The van der Waals surface area contributed by atoms with E-state index in [9.17, 15) is 9.59 Å². The average molecular weight is 417 g/mol. The van der Waals surface area contributed by atoms with Crippen LogP contribution in [0.15, 0.2) is 66.7 Å². The topological polar surface area (TPSA) is 52.6 Å². The van der Waals surface area contributed by atoms with Crippen molar-refractivity contribution in [1.29, 1.82) is 0 Å². The Kier molecular flexibility index (Phi) is 7.24. The van der Waals surface area contributed by atoms with Crippen LogP contribution < -0.4 is 9.47 Å². The highest BCUT2D eigenvalue weighted by molar-refractivity contribution is 5.93. The van der Waals surface area contributed by atoms with Gasteiger partial charge in [0.25, 0.3) is 0 Å². The van der Waals surface area contributed by atoms with Gasteiger partial charge in [0.15, 0.2) is 11.5 Å². The van der Waals surface area contributed by atoms with E-state index in [1.165, 1.54) is 0 Å². The molecule has 0 aliphatic rings. The molecule has 0 N–H and O–H groups in total. The van der Waals surface area contributed by atoms with Gasteiger partial charge in [0.2, 0.25) is 0 Å². The lowest BCUT2D eigenvalue weighted by Crippen LogP contribution is -2.16. The number of hydrogen-bond acceptors (Lipinski definition) is 4. The third kappa shape index (κ3) is 5.21. The minimum atomic E-state index is -0.479. The Labute approximate surface area is 183 Å². The Bertz CT molecular complexity index is 1050. The summed E-state index contributed by atoms with van der Waals surface area (Å²) in [5, 5.41) is 0. The Balaban J connectivity index is 2.12. The molecule has 0 fully saturated rings. The largest absolute Gasteiger partial charge is 0.419 e. The summed E-state index contributed by atoms with van der Waals surface area (Å²) >= 11 is 0. The predicted octanol–water partition coefficient (Wildman–Crippen LogP) is 6.51. The number of carbonyl (C=O) groups excluding carboxylic acids is 2. The van der Waals surface area contributed by atoms with E-state index in [-0.39, 0.29) is 5.92 Å². The van der Waals surface area contributed by atoms with Gasteiger partial charge < -0.3 is 9.47 Å². The van der Waals surface area contributed by atoms with Crippen LogP contribution in [0.2, 0.25) is 0 Å². The SMILES string of the molecule is CCCc1cc(C)c(C(C)C)c(OC(=O)c2ccccc2)c1OC(=O)c1ccccc1. The minimum absolute atomic E-state index is 0.0726. The van der Waals surface area contributed by atoms with Crippen LogP contribution in [0.1, 0.15) is 70.5 Å². The number of carbonyl (C=O) groups is 2. The standard InChI is InChI=1S/C27H28O4/c1-5-12-22-17-19(4)23(18(2)3)25(31-27(29)21-15-10-7-11-16-21)24(22)30-26(28)20-13-8-6-9-14-20/h6-11,13-18H,5,12H2,1-4H3. The molecule has 0 atom stereocenters. The zero-order chi connectivity index (χ0) is 22.4. The number of rotatable bonds is 7. The van der Waals surface area contributed by atoms with Crippen molar-refractivity contribution in [3.05, 3.63) is 94.5 Å². The first-order valence-electron chi connectivity index (χ1n) is 10.6. The van der Waals surface area contributed by atoms with Gasteiger partial charge in [-0.15, -0.1) is 0 Å². The van der Waals surface area contributed by atoms with E-state index in [1.807, 2.05) is 39.0 Å². The molecule has 0 bridgehead atoms. The summed E-state index contributed by atoms with van der Waals surface area (Å²) in [5.74, 6) is -0.227. The summed E-state index contributed by atoms with van der Waals surface area (Å²) in [6.45, 7) is 8.12. The van der Waals surface area contributed by atoms with E-state index < -0.39 is 11.9 Å². The molecule has 0 amide bonds. The summed E-state index contributed by atoms with van der Waals surface area (Å²) in [4.78, 5) is 25.8. The van der Waals surface area contributed by atoms with Gasteiger partial charge >= 0.3 is 11.9 Å². The number of esters is 2. The van der Waals surface area contributed by atoms with Crippen LogP contribution in [0.25, 0.3) is 0 Å². The summed E-state index contributed by atoms with van der Waals surface area (Å²) < 4.78 is 11.8. The fourth-order valence-electron chi connectivity index (χ4n) is 3.69. The van der Waals surface area contributed by atoms with Gasteiger partial charge in [0.1, 0.15) is 0 Å². The fraction of sp³-hybridized carbons (Fsp3) is 0.259. The lowest BCUT2D eigenvalue weighted by Gasteiger charge is -2.22. The van der Waals surface area contributed by atoms with E-state index in [2.05, 4.69) is 6.92 Å². The maximum absolute atomic E-state index is 12.9. The molecular weight excluding hydrogens is 388 g/mol. The van der Waals surface area contributed by atoms with E-state index in [0.717, 1.165) is 23.1 Å². The minimum Gasteiger partial charge on any atom is -0.419 e. The molecule has 0 saturated heterocycles. The normalized spacial score (nSPS) is 10.7. The second kappa shape index (κ2) is 10.1. The molecule has 3 aromatic carbocycles. The van der Waals surface area contributed by atoms with Crippen LogP contribution in [0.3, 0.4) is 0 Å². The van der Waals surface area contributed by atoms with E-state index >= 15 is 0 Å². The first-order chi connectivity index (χ1) is 14.9. The van der Waals surface area contributed by atoms with Crippen LogP contribution >= 0.6 is 0 Å². The van der Waals surface area contributed by atoms with Crippen LogP contribution in [-0.2, 0) is 6.42 Å². The lowest BCUT2D eigenvalue weighted by atomic mass is 9.92. The van der Waals surface area contributed by atoms with Crippen molar-refractivity contribution in [2.75, 3.05) is 0 Å². The smallest absolute Gasteiger partial charge is 0.343 e. The summed E-state index contributed by atoms with van der Waals surface area (Å²) in [6.07, 6.45) is 1.56. The second-order valence-electron chi connectivity index (χ2n) is 7.84. The highest BCUT2D eigenvalue weighted by atomic mass is 16.6. The molecule has 0 radical (unpaired) electrons. The molecular formula is C27H28O4. The Morgan fingerprint density at radius 2 is 1.29 bits per heavy atom. The number of hydrogen-bond donors (Lipinski definition) is 0. The molecule has 0 aliphatic carbocycles. The van der Waals surface area contributed by atoms with Crippen molar-refractivity contribution in [2.45, 2.75) is 46.5 Å². The molecule has 160 valence electrons. The number of ether oxygens (including phenoxy) is 2. The molecule has 0 aromatic heterocycles. The molecule has 0 spiro atoms. The van der Waals surface area contributed by atoms with E-state index in [0.29, 0.717) is 29.0 Å². The molecule has 0 heterocycles. The van der Waals surface area contributed by atoms with Crippen molar-refractivity contribution < 1.29 is 19.1 Å². The number of benzene rings is 3. The van der Waals surface area contributed by atoms with Gasteiger partial charge in [-0.2, -0.15) is 0 Å². The lowest BCUT2D eigenvalue weighted by molar-refractivity contribution is 0.0679. The summed E-state index contributed by atoms with van der Waals surface area (Å²) in [7, 11) is 0. The van der Waals surface area contributed by atoms with Crippen molar-refractivity contribution in [3.63, 3.8) is 0 Å². The molecule has 31 heavy (non-hydrogen) atoms. The zero-order valence-corrected chi connectivity index (χ0v) is 18.5. The first kappa shape index (κ1) is 22.3. The van der Waals surface area contributed by atoms with Crippen LogP contribution in [-0.4, -0.2) is 11.9 Å². The molecule has 0 unspecified atom stereocenters. The quantitative estimate of drug-likeness (QED) is 0.325. The zero-order valence-electron chi connectivity index (χ0n) is 18.5.